The van der Waals surface area contributed by atoms with E-state index in [2.05, 4.69) is 0 Å². The molecular formula is C9H9ClN2O3S. The largest absolute Gasteiger partial charge is 0.477 e. The fraction of sp³-hybridized carbons (Fsp3) is 0.333. The van der Waals surface area contributed by atoms with Crippen molar-refractivity contribution in [2.75, 3.05) is 5.75 Å². The van der Waals surface area contributed by atoms with Crippen LogP contribution in [0.5, 0.6) is 0 Å². The van der Waals surface area contributed by atoms with Gasteiger partial charge < -0.3 is 10.8 Å². The molecule has 7 heteroatoms. The van der Waals surface area contributed by atoms with E-state index < -0.39 is 12.0 Å². The van der Waals surface area contributed by atoms with E-state index in [1.54, 1.807) is 0 Å². The first-order valence-electron chi connectivity index (χ1n) is 4.51. The van der Waals surface area contributed by atoms with Crippen molar-refractivity contribution in [1.29, 1.82) is 0 Å². The average molecular weight is 261 g/mol. The van der Waals surface area contributed by atoms with Crippen LogP contribution >= 0.6 is 23.4 Å². The summed E-state index contributed by atoms with van der Waals surface area (Å²) in [5.74, 6) is -0.988. The molecule has 0 aliphatic carbocycles. The maximum Gasteiger partial charge on any atom is 0.352 e. The van der Waals surface area contributed by atoms with Crippen molar-refractivity contribution in [1.82, 2.24) is 4.90 Å². The summed E-state index contributed by atoms with van der Waals surface area (Å²) >= 11 is 6.87. The molecule has 1 amide bonds. The van der Waals surface area contributed by atoms with Crippen LogP contribution in [0.25, 0.3) is 0 Å². The summed E-state index contributed by atoms with van der Waals surface area (Å²) in [4.78, 5) is 23.8. The lowest BCUT2D eigenvalue weighted by Crippen LogP contribution is -2.68. The molecule has 0 bridgehead atoms. The van der Waals surface area contributed by atoms with Gasteiger partial charge in [-0.15, -0.1) is 11.8 Å². The van der Waals surface area contributed by atoms with E-state index in [9.17, 15) is 9.59 Å². The fourth-order valence-corrected chi connectivity index (χ4v) is 3.16. The van der Waals surface area contributed by atoms with Gasteiger partial charge in [0.25, 0.3) is 0 Å². The lowest BCUT2D eigenvalue weighted by Gasteiger charge is -2.47. The summed E-state index contributed by atoms with van der Waals surface area (Å²) in [5, 5.41) is 8.82. The van der Waals surface area contributed by atoms with E-state index in [1.165, 1.54) is 28.3 Å². The Bertz CT molecular complexity index is 421. The monoisotopic (exact) mass is 260 g/mol. The summed E-state index contributed by atoms with van der Waals surface area (Å²) in [6, 6.07) is -0.596. The summed E-state index contributed by atoms with van der Waals surface area (Å²) in [5.41, 5.74) is 7.35. The predicted octanol–water partition coefficient (Wildman–Crippen LogP) is 0.320. The summed E-state index contributed by atoms with van der Waals surface area (Å²) in [7, 11) is 0. The predicted molar refractivity (Wildman–Crippen MR) is 60.7 cm³/mol. The van der Waals surface area contributed by atoms with Crippen molar-refractivity contribution >= 4 is 35.2 Å². The van der Waals surface area contributed by atoms with Gasteiger partial charge >= 0.3 is 5.97 Å². The Morgan fingerprint density at radius 3 is 2.94 bits per heavy atom. The van der Waals surface area contributed by atoms with E-state index in [4.69, 9.17) is 22.4 Å². The zero-order valence-corrected chi connectivity index (χ0v) is 9.66. The second-order valence-corrected chi connectivity index (χ2v) is 4.76. The number of carboxylic acids is 1. The Hall–Kier alpha value is -0.980. The molecule has 2 atom stereocenters. The van der Waals surface area contributed by atoms with E-state index in [0.29, 0.717) is 11.3 Å². The SMILES string of the molecule is NC1C(=O)N2C(C(=O)O)=C(/C=C/Cl)CS[C@@H]12. The van der Waals surface area contributed by atoms with Crippen LogP contribution in [0.3, 0.4) is 0 Å². The van der Waals surface area contributed by atoms with Gasteiger partial charge in [-0.1, -0.05) is 11.6 Å². The molecule has 86 valence electrons. The summed E-state index contributed by atoms with van der Waals surface area (Å²) in [6.45, 7) is 0. The van der Waals surface area contributed by atoms with Gasteiger partial charge in [0.05, 0.1) is 0 Å². The minimum Gasteiger partial charge on any atom is -0.477 e. The number of fused-ring (bicyclic) bond motifs is 1. The normalized spacial score (nSPS) is 29.4. The molecule has 2 rings (SSSR count). The number of thioether (sulfide) groups is 1. The number of carbonyl (C=O) groups is 2. The van der Waals surface area contributed by atoms with Crippen molar-refractivity contribution in [3.8, 4) is 0 Å². The Kier molecular flexibility index (Phi) is 2.96. The molecule has 3 N–H and O–H groups in total. The first kappa shape index (κ1) is 11.5. The van der Waals surface area contributed by atoms with Gasteiger partial charge in [-0.3, -0.25) is 9.69 Å². The molecule has 1 saturated heterocycles. The van der Waals surface area contributed by atoms with Crippen LogP contribution in [0.2, 0.25) is 0 Å². The first-order chi connectivity index (χ1) is 7.57. The molecule has 0 spiro atoms. The third kappa shape index (κ3) is 1.53. The van der Waals surface area contributed by atoms with E-state index in [0.717, 1.165) is 0 Å². The number of rotatable bonds is 2. The number of allylic oxidation sites excluding steroid dienone is 1. The number of carboxylic acid groups (broad SMARTS) is 1. The molecule has 0 aromatic carbocycles. The lowest BCUT2D eigenvalue weighted by molar-refractivity contribution is -0.147. The molecule has 1 fully saturated rings. The van der Waals surface area contributed by atoms with Gasteiger partial charge in [0, 0.05) is 11.3 Å². The highest BCUT2D eigenvalue weighted by molar-refractivity contribution is 8.00. The van der Waals surface area contributed by atoms with Gasteiger partial charge in [0.1, 0.15) is 17.1 Å². The number of hydrogen-bond acceptors (Lipinski definition) is 4. The topological polar surface area (TPSA) is 83.6 Å². The summed E-state index contributed by atoms with van der Waals surface area (Å²) in [6.07, 6.45) is 1.49. The number of nitrogens with two attached hydrogens (primary N) is 1. The molecule has 2 aliphatic rings. The van der Waals surface area contributed by atoms with Gasteiger partial charge in [-0.2, -0.15) is 0 Å². The van der Waals surface area contributed by atoms with E-state index >= 15 is 0 Å². The molecule has 0 aromatic heterocycles. The number of carbonyl (C=O) groups excluding carboxylic acids is 1. The van der Waals surface area contributed by atoms with Crippen molar-refractivity contribution in [2.45, 2.75) is 11.4 Å². The highest BCUT2D eigenvalue weighted by Crippen LogP contribution is 2.39. The second-order valence-electron chi connectivity index (χ2n) is 3.41. The zero-order valence-electron chi connectivity index (χ0n) is 8.09. The first-order valence-corrected chi connectivity index (χ1v) is 6.00. The van der Waals surface area contributed by atoms with Crippen molar-refractivity contribution in [2.24, 2.45) is 5.73 Å². The molecule has 16 heavy (non-hydrogen) atoms. The van der Waals surface area contributed by atoms with Crippen LogP contribution in [-0.4, -0.2) is 39.1 Å². The molecule has 5 nitrogen and oxygen atoms in total. The number of amides is 1. The third-order valence-electron chi connectivity index (χ3n) is 2.51. The van der Waals surface area contributed by atoms with Crippen LogP contribution in [0.4, 0.5) is 0 Å². The molecular weight excluding hydrogens is 252 g/mol. The molecule has 2 aliphatic heterocycles. The van der Waals surface area contributed by atoms with Crippen LogP contribution in [0.15, 0.2) is 22.9 Å². The highest BCUT2D eigenvalue weighted by Gasteiger charge is 2.51. The fourth-order valence-electron chi connectivity index (χ4n) is 1.74. The number of halogens is 1. The Labute approximate surface area is 101 Å². The van der Waals surface area contributed by atoms with Gasteiger partial charge in [0.15, 0.2) is 0 Å². The Balaban J connectivity index is 2.41. The lowest BCUT2D eigenvalue weighted by atomic mass is 10.0. The molecule has 0 saturated carbocycles. The smallest absolute Gasteiger partial charge is 0.352 e. The van der Waals surface area contributed by atoms with Gasteiger partial charge in [0.2, 0.25) is 5.91 Å². The van der Waals surface area contributed by atoms with Crippen LogP contribution < -0.4 is 5.73 Å². The third-order valence-corrected chi connectivity index (χ3v) is 3.95. The minimum absolute atomic E-state index is 0.00708. The standard InChI is InChI=1S/C9H9ClN2O3S/c10-2-1-4-3-16-8-5(11)7(13)12(8)6(4)9(14)15/h1-2,5,8H,3,11H2,(H,14,15)/b2-1+/t5?,8-/m0/s1. The molecule has 2 heterocycles. The van der Waals surface area contributed by atoms with Crippen molar-refractivity contribution in [3.63, 3.8) is 0 Å². The quantitative estimate of drug-likeness (QED) is 0.699. The maximum atomic E-state index is 11.5. The summed E-state index contributed by atoms with van der Waals surface area (Å²) < 4.78 is 0. The molecule has 0 aromatic rings. The minimum atomic E-state index is -1.13. The van der Waals surface area contributed by atoms with Crippen LogP contribution in [0, 0.1) is 0 Å². The highest BCUT2D eigenvalue weighted by atomic mass is 35.5. The van der Waals surface area contributed by atoms with Crippen LogP contribution in [-0.2, 0) is 9.59 Å². The van der Waals surface area contributed by atoms with Gasteiger partial charge in [-0.05, 0) is 11.6 Å². The number of nitrogens with zero attached hydrogens (tertiary/aromatic N) is 1. The van der Waals surface area contributed by atoms with Crippen molar-refractivity contribution in [3.05, 3.63) is 22.9 Å². The number of aliphatic carboxylic acids is 1. The Morgan fingerprint density at radius 2 is 2.38 bits per heavy atom. The number of β-lactam (4-membered cyclic amide) rings is 1. The van der Waals surface area contributed by atoms with Gasteiger partial charge in [-0.25, -0.2) is 4.79 Å². The second kappa shape index (κ2) is 4.12. The average Bonchev–Trinajstić information content (AvgIpc) is 2.27. The number of hydrogen-bond donors (Lipinski definition) is 2. The van der Waals surface area contributed by atoms with Crippen LogP contribution in [0.1, 0.15) is 0 Å². The molecule has 1 unspecified atom stereocenters. The zero-order chi connectivity index (χ0) is 11.9. The molecule has 0 radical (unpaired) electrons. The maximum absolute atomic E-state index is 11.5. The van der Waals surface area contributed by atoms with Crippen molar-refractivity contribution < 1.29 is 14.7 Å². The Morgan fingerprint density at radius 1 is 1.69 bits per heavy atom. The van der Waals surface area contributed by atoms with E-state index in [-0.39, 0.29) is 17.0 Å². The van der Waals surface area contributed by atoms with E-state index in [1.807, 2.05) is 0 Å².